The Morgan fingerprint density at radius 1 is 1.00 bits per heavy atom. The lowest BCUT2D eigenvalue weighted by molar-refractivity contribution is 0.107. The van der Waals surface area contributed by atoms with Gasteiger partial charge in [-0.15, -0.1) is 0 Å². The number of aryl methyl sites for hydroxylation is 1. The van der Waals surface area contributed by atoms with Gasteiger partial charge in [-0.1, -0.05) is 30.3 Å². The van der Waals surface area contributed by atoms with Crippen LogP contribution in [-0.2, 0) is 0 Å². The van der Waals surface area contributed by atoms with Gasteiger partial charge in [0.2, 0.25) is 0 Å². The third-order valence-electron chi connectivity index (χ3n) is 2.41. The van der Waals surface area contributed by atoms with Crippen LogP contribution >= 0.6 is 11.6 Å². The van der Waals surface area contributed by atoms with Gasteiger partial charge in [0.25, 0.3) is 5.24 Å². The fraction of sp³-hybridized carbons (Fsp3) is 0.0714. The van der Waals surface area contributed by atoms with Crippen molar-refractivity contribution < 1.29 is 9.53 Å². The fourth-order valence-corrected chi connectivity index (χ4v) is 1.66. The van der Waals surface area contributed by atoms with Crippen LogP contribution in [0.15, 0.2) is 48.5 Å². The average molecular weight is 247 g/mol. The second-order valence-electron chi connectivity index (χ2n) is 3.64. The largest absolute Gasteiger partial charge is 0.456 e. The van der Waals surface area contributed by atoms with Gasteiger partial charge in [0.15, 0.2) is 0 Å². The van der Waals surface area contributed by atoms with Gasteiger partial charge in [0, 0.05) is 0 Å². The van der Waals surface area contributed by atoms with Gasteiger partial charge < -0.3 is 4.74 Å². The van der Waals surface area contributed by atoms with Crippen molar-refractivity contribution in [3.8, 4) is 11.5 Å². The molecule has 0 aliphatic carbocycles. The van der Waals surface area contributed by atoms with Crippen LogP contribution in [0.1, 0.15) is 15.9 Å². The first kappa shape index (κ1) is 11.7. The lowest BCUT2D eigenvalue weighted by Gasteiger charge is -2.10. The maximum atomic E-state index is 11.2. The molecule has 2 aromatic rings. The summed E-state index contributed by atoms with van der Waals surface area (Å²) in [5.74, 6) is 1.19. The number of para-hydroxylation sites is 2. The van der Waals surface area contributed by atoms with E-state index in [-0.39, 0.29) is 0 Å². The van der Waals surface area contributed by atoms with Crippen LogP contribution in [0.3, 0.4) is 0 Å². The van der Waals surface area contributed by atoms with Crippen molar-refractivity contribution in [2.24, 2.45) is 0 Å². The lowest BCUT2D eigenvalue weighted by Crippen LogP contribution is -1.95. The molecule has 0 fully saturated rings. The monoisotopic (exact) mass is 246 g/mol. The summed E-state index contributed by atoms with van der Waals surface area (Å²) in [6, 6.07) is 14.5. The third-order valence-corrected chi connectivity index (χ3v) is 2.62. The van der Waals surface area contributed by atoms with E-state index in [0.717, 1.165) is 11.3 Å². The molecule has 3 heteroatoms. The first-order valence-electron chi connectivity index (χ1n) is 5.21. The van der Waals surface area contributed by atoms with E-state index >= 15 is 0 Å². The normalized spacial score (nSPS) is 10.0. The highest BCUT2D eigenvalue weighted by atomic mass is 35.5. The summed E-state index contributed by atoms with van der Waals surface area (Å²) >= 11 is 5.50. The van der Waals surface area contributed by atoms with Crippen LogP contribution in [0, 0.1) is 6.92 Å². The van der Waals surface area contributed by atoms with E-state index in [4.69, 9.17) is 16.3 Å². The van der Waals surface area contributed by atoms with E-state index in [0.29, 0.717) is 11.3 Å². The summed E-state index contributed by atoms with van der Waals surface area (Å²) in [5.41, 5.74) is 1.38. The predicted molar refractivity (Wildman–Crippen MR) is 67.9 cm³/mol. The minimum Gasteiger partial charge on any atom is -0.456 e. The highest BCUT2D eigenvalue weighted by molar-refractivity contribution is 6.68. The molecule has 0 amide bonds. The van der Waals surface area contributed by atoms with Crippen molar-refractivity contribution in [2.75, 3.05) is 0 Å². The molecule has 0 saturated carbocycles. The van der Waals surface area contributed by atoms with Crippen molar-refractivity contribution >= 4 is 16.8 Å². The highest BCUT2D eigenvalue weighted by Crippen LogP contribution is 2.28. The van der Waals surface area contributed by atoms with Crippen molar-refractivity contribution in [1.29, 1.82) is 0 Å². The minimum absolute atomic E-state index is 0.373. The first-order chi connectivity index (χ1) is 8.18. The molecule has 0 atom stereocenters. The molecule has 2 aromatic carbocycles. The smallest absolute Gasteiger partial charge is 0.256 e. The van der Waals surface area contributed by atoms with Gasteiger partial charge in [0.05, 0.1) is 5.56 Å². The zero-order valence-electron chi connectivity index (χ0n) is 9.31. The van der Waals surface area contributed by atoms with E-state index in [1.807, 2.05) is 31.2 Å². The average Bonchev–Trinajstić information content (AvgIpc) is 2.32. The van der Waals surface area contributed by atoms with Crippen molar-refractivity contribution in [2.45, 2.75) is 6.92 Å². The number of carbonyl (C=O) groups excluding carboxylic acids is 1. The molecule has 86 valence electrons. The molecule has 0 aliphatic rings. The Bertz CT molecular complexity index is 549. The Labute approximate surface area is 105 Å². The fourth-order valence-electron chi connectivity index (χ4n) is 1.51. The zero-order valence-corrected chi connectivity index (χ0v) is 10.1. The van der Waals surface area contributed by atoms with Crippen LogP contribution in [0.5, 0.6) is 11.5 Å². The Hall–Kier alpha value is -1.80. The second kappa shape index (κ2) is 5.02. The molecule has 0 spiro atoms. The predicted octanol–water partition coefficient (Wildman–Crippen LogP) is 4.17. The quantitative estimate of drug-likeness (QED) is 0.760. The number of ether oxygens (including phenoxy) is 1. The van der Waals surface area contributed by atoms with Gasteiger partial charge >= 0.3 is 0 Å². The van der Waals surface area contributed by atoms with Gasteiger partial charge in [-0.3, -0.25) is 4.79 Å². The molecule has 0 radical (unpaired) electrons. The highest BCUT2D eigenvalue weighted by Gasteiger charge is 2.10. The zero-order chi connectivity index (χ0) is 12.3. The van der Waals surface area contributed by atoms with Crippen LogP contribution in [0.4, 0.5) is 0 Å². The first-order valence-corrected chi connectivity index (χ1v) is 5.58. The summed E-state index contributed by atoms with van der Waals surface area (Å²) in [4.78, 5) is 11.2. The summed E-state index contributed by atoms with van der Waals surface area (Å²) in [5, 5.41) is -0.519. The molecule has 0 bridgehead atoms. The summed E-state index contributed by atoms with van der Waals surface area (Å²) in [6.45, 7) is 1.94. The van der Waals surface area contributed by atoms with Crippen LogP contribution < -0.4 is 4.74 Å². The SMILES string of the molecule is Cc1ccccc1Oc1ccccc1C(=O)Cl. The molecular formula is C14H11ClO2. The molecule has 2 nitrogen and oxygen atoms in total. The minimum atomic E-state index is -0.519. The lowest BCUT2D eigenvalue weighted by atomic mass is 10.2. The Morgan fingerprint density at radius 2 is 1.59 bits per heavy atom. The van der Waals surface area contributed by atoms with Gasteiger partial charge in [0.1, 0.15) is 11.5 Å². The van der Waals surface area contributed by atoms with E-state index in [9.17, 15) is 4.79 Å². The molecule has 17 heavy (non-hydrogen) atoms. The maximum Gasteiger partial charge on any atom is 0.256 e. The van der Waals surface area contributed by atoms with E-state index < -0.39 is 5.24 Å². The van der Waals surface area contributed by atoms with Crippen LogP contribution in [0.25, 0.3) is 0 Å². The van der Waals surface area contributed by atoms with E-state index in [1.54, 1.807) is 24.3 Å². The molecule has 0 aromatic heterocycles. The Morgan fingerprint density at radius 3 is 2.24 bits per heavy atom. The summed E-state index contributed by atoms with van der Waals surface area (Å²) in [6.07, 6.45) is 0. The van der Waals surface area contributed by atoms with Crippen LogP contribution in [-0.4, -0.2) is 5.24 Å². The molecule has 0 unspecified atom stereocenters. The number of halogens is 1. The molecule has 0 N–H and O–H groups in total. The van der Waals surface area contributed by atoms with E-state index in [2.05, 4.69) is 0 Å². The van der Waals surface area contributed by atoms with Gasteiger partial charge in [-0.2, -0.15) is 0 Å². The molecule has 2 rings (SSSR count). The third kappa shape index (κ3) is 2.66. The van der Waals surface area contributed by atoms with Gasteiger partial charge in [-0.25, -0.2) is 0 Å². The van der Waals surface area contributed by atoms with Crippen molar-refractivity contribution in [3.63, 3.8) is 0 Å². The molecule has 0 heterocycles. The van der Waals surface area contributed by atoms with Gasteiger partial charge in [-0.05, 0) is 42.3 Å². The van der Waals surface area contributed by atoms with Crippen molar-refractivity contribution in [1.82, 2.24) is 0 Å². The number of hydrogen-bond acceptors (Lipinski definition) is 2. The molecule has 0 saturated heterocycles. The van der Waals surface area contributed by atoms with Crippen LogP contribution in [0.2, 0.25) is 0 Å². The number of benzene rings is 2. The topological polar surface area (TPSA) is 26.3 Å². The Kier molecular flexibility index (Phi) is 3.45. The molecule has 0 aliphatic heterocycles. The second-order valence-corrected chi connectivity index (χ2v) is 3.98. The maximum absolute atomic E-state index is 11.2. The standard InChI is InChI=1S/C14H11ClO2/c1-10-6-2-4-8-12(10)17-13-9-5-3-7-11(13)14(15)16/h2-9H,1H3. The van der Waals surface area contributed by atoms with Crippen molar-refractivity contribution in [3.05, 3.63) is 59.7 Å². The number of rotatable bonds is 3. The Balaban J connectivity index is 2.37. The summed E-state index contributed by atoms with van der Waals surface area (Å²) < 4.78 is 5.70. The van der Waals surface area contributed by atoms with E-state index in [1.165, 1.54) is 0 Å². The number of carbonyl (C=O) groups is 1. The number of hydrogen-bond donors (Lipinski definition) is 0. The molecular weight excluding hydrogens is 236 g/mol. The summed E-state index contributed by atoms with van der Waals surface area (Å²) in [7, 11) is 0.